The minimum Gasteiger partial charge on any atom is -0.491 e. The molecule has 2 N–H and O–H groups in total. The zero-order valence-corrected chi connectivity index (χ0v) is 18.4. The summed E-state index contributed by atoms with van der Waals surface area (Å²) in [6.45, 7) is 0.943. The molecule has 33 heavy (non-hydrogen) atoms. The first-order valence-electron chi connectivity index (χ1n) is 10.1. The van der Waals surface area contributed by atoms with Gasteiger partial charge < -0.3 is 24.4 Å². The van der Waals surface area contributed by atoms with Crippen LogP contribution in [0.3, 0.4) is 0 Å². The van der Waals surface area contributed by atoms with Gasteiger partial charge in [0, 0.05) is 24.1 Å². The van der Waals surface area contributed by atoms with Crippen molar-refractivity contribution >= 4 is 39.4 Å². The lowest BCUT2D eigenvalue weighted by Crippen LogP contribution is -2.04. The number of oxazole rings is 1. The molecule has 0 aliphatic heterocycles. The summed E-state index contributed by atoms with van der Waals surface area (Å²) in [7, 11) is 1.62. The molecule has 0 saturated heterocycles. The summed E-state index contributed by atoms with van der Waals surface area (Å²) >= 11 is 6.49. The molecule has 0 unspecified atom stereocenters. The number of rotatable bonds is 7. The van der Waals surface area contributed by atoms with Gasteiger partial charge in [-0.1, -0.05) is 11.6 Å². The van der Waals surface area contributed by atoms with E-state index in [9.17, 15) is 0 Å². The summed E-state index contributed by atoms with van der Waals surface area (Å²) < 4.78 is 21.8. The smallest absolute Gasteiger partial charge is 0.181 e. The molecule has 0 aliphatic rings. The molecule has 3 aromatic carbocycles. The van der Waals surface area contributed by atoms with Crippen molar-refractivity contribution < 1.29 is 18.6 Å². The molecule has 5 rings (SSSR count). The van der Waals surface area contributed by atoms with Crippen molar-refractivity contribution in [2.45, 2.75) is 0 Å². The number of nitrogens with two attached hydrogens (primary N) is 1. The molecule has 2 aromatic heterocycles. The van der Waals surface area contributed by atoms with Gasteiger partial charge in [-0.2, -0.15) is 0 Å². The maximum Gasteiger partial charge on any atom is 0.181 e. The monoisotopic (exact) mass is 462 g/mol. The fourth-order valence-electron chi connectivity index (χ4n) is 3.34. The van der Waals surface area contributed by atoms with Gasteiger partial charge in [-0.05, 0) is 48.5 Å². The van der Waals surface area contributed by atoms with E-state index in [0.717, 1.165) is 0 Å². The van der Waals surface area contributed by atoms with Crippen molar-refractivity contribution in [1.82, 2.24) is 15.0 Å². The Bertz CT molecular complexity index is 1450. The van der Waals surface area contributed by atoms with Crippen LogP contribution in [0.15, 0.2) is 65.4 Å². The lowest BCUT2D eigenvalue weighted by Gasteiger charge is -2.11. The molecule has 0 bridgehead atoms. The average molecular weight is 463 g/mol. The van der Waals surface area contributed by atoms with E-state index in [1.54, 1.807) is 37.4 Å². The van der Waals surface area contributed by atoms with Gasteiger partial charge in [-0.25, -0.2) is 15.0 Å². The lowest BCUT2D eigenvalue weighted by atomic mass is 10.1. The van der Waals surface area contributed by atoms with Crippen molar-refractivity contribution in [2.24, 2.45) is 0 Å². The maximum absolute atomic E-state index is 6.49. The molecule has 8 nitrogen and oxygen atoms in total. The third-order valence-electron chi connectivity index (χ3n) is 4.97. The number of methoxy groups -OCH3 is 1. The van der Waals surface area contributed by atoms with Crippen LogP contribution in [-0.4, -0.2) is 35.3 Å². The van der Waals surface area contributed by atoms with Gasteiger partial charge in [0.1, 0.15) is 35.2 Å². The van der Waals surface area contributed by atoms with Crippen molar-refractivity contribution in [3.63, 3.8) is 0 Å². The summed E-state index contributed by atoms with van der Waals surface area (Å²) in [5.41, 5.74) is 9.03. The van der Waals surface area contributed by atoms with Crippen LogP contribution in [0.25, 0.3) is 33.4 Å². The SMILES string of the molecule is COCCOc1ccc2nc(-c3ccc(Oc4ccc5ocnc5c4)c(Cl)c3)nc(N)c2c1. The molecular formula is C24H19ClN4O4. The fourth-order valence-corrected chi connectivity index (χ4v) is 3.56. The van der Waals surface area contributed by atoms with Crippen LogP contribution in [0.2, 0.25) is 5.02 Å². The van der Waals surface area contributed by atoms with E-state index in [0.29, 0.717) is 74.7 Å². The summed E-state index contributed by atoms with van der Waals surface area (Å²) in [6, 6.07) is 16.2. The number of halogens is 1. The minimum atomic E-state index is 0.351. The van der Waals surface area contributed by atoms with E-state index < -0.39 is 0 Å². The molecule has 0 fully saturated rings. The predicted molar refractivity (Wildman–Crippen MR) is 126 cm³/mol. The Morgan fingerprint density at radius 1 is 0.939 bits per heavy atom. The van der Waals surface area contributed by atoms with Crippen LogP contribution in [0.1, 0.15) is 0 Å². The fraction of sp³-hybridized carbons (Fsp3) is 0.125. The first-order chi connectivity index (χ1) is 16.1. The van der Waals surface area contributed by atoms with Crippen molar-refractivity contribution in [2.75, 3.05) is 26.1 Å². The zero-order chi connectivity index (χ0) is 22.8. The highest BCUT2D eigenvalue weighted by Crippen LogP contribution is 2.34. The zero-order valence-electron chi connectivity index (χ0n) is 17.6. The molecular weight excluding hydrogens is 444 g/mol. The summed E-state index contributed by atoms with van der Waals surface area (Å²) in [5, 5.41) is 1.12. The van der Waals surface area contributed by atoms with Gasteiger partial charge >= 0.3 is 0 Å². The molecule has 0 atom stereocenters. The molecule has 166 valence electrons. The van der Waals surface area contributed by atoms with Gasteiger partial charge in [0.15, 0.2) is 17.8 Å². The Balaban J connectivity index is 1.40. The largest absolute Gasteiger partial charge is 0.491 e. The van der Waals surface area contributed by atoms with Gasteiger partial charge in [0.25, 0.3) is 0 Å². The topological polar surface area (TPSA) is 106 Å². The van der Waals surface area contributed by atoms with Crippen LogP contribution in [0, 0.1) is 0 Å². The number of fused-ring (bicyclic) bond motifs is 2. The number of nitrogens with zero attached hydrogens (tertiary/aromatic N) is 3. The van der Waals surface area contributed by atoms with Crippen LogP contribution in [-0.2, 0) is 4.74 Å². The molecule has 9 heteroatoms. The third kappa shape index (κ3) is 4.39. The molecule has 2 heterocycles. The Morgan fingerprint density at radius 2 is 1.82 bits per heavy atom. The van der Waals surface area contributed by atoms with E-state index in [1.165, 1.54) is 6.39 Å². The van der Waals surface area contributed by atoms with Crippen molar-refractivity contribution in [1.29, 1.82) is 0 Å². The standard InChI is InChI=1S/C24H19ClN4O4/c1-30-8-9-31-15-3-5-19-17(11-15)23(26)29-24(28-19)14-2-6-21(18(25)10-14)33-16-4-7-22-20(12-16)27-13-32-22/h2-7,10-13H,8-9H2,1H3,(H2,26,28,29). The summed E-state index contributed by atoms with van der Waals surface area (Å²) in [6.07, 6.45) is 1.39. The molecule has 0 amide bonds. The van der Waals surface area contributed by atoms with E-state index in [1.807, 2.05) is 24.3 Å². The average Bonchev–Trinajstić information content (AvgIpc) is 3.29. The maximum atomic E-state index is 6.49. The Morgan fingerprint density at radius 3 is 2.67 bits per heavy atom. The van der Waals surface area contributed by atoms with Crippen LogP contribution in [0.4, 0.5) is 5.82 Å². The molecule has 5 aromatic rings. The van der Waals surface area contributed by atoms with Crippen LogP contribution in [0.5, 0.6) is 17.2 Å². The van der Waals surface area contributed by atoms with E-state index >= 15 is 0 Å². The second-order valence-corrected chi connectivity index (χ2v) is 7.59. The van der Waals surface area contributed by atoms with Crippen molar-refractivity contribution in [3.8, 4) is 28.6 Å². The quantitative estimate of drug-likeness (QED) is 0.316. The van der Waals surface area contributed by atoms with E-state index in [4.69, 9.17) is 36.0 Å². The molecule has 0 spiro atoms. The van der Waals surface area contributed by atoms with Gasteiger partial charge in [0.05, 0.1) is 17.1 Å². The minimum absolute atomic E-state index is 0.351. The highest BCUT2D eigenvalue weighted by atomic mass is 35.5. The molecule has 0 radical (unpaired) electrons. The lowest BCUT2D eigenvalue weighted by molar-refractivity contribution is 0.146. The Labute approximate surface area is 193 Å². The first-order valence-corrected chi connectivity index (χ1v) is 10.5. The number of benzene rings is 3. The highest BCUT2D eigenvalue weighted by molar-refractivity contribution is 6.32. The van der Waals surface area contributed by atoms with Gasteiger partial charge in [-0.15, -0.1) is 0 Å². The number of hydrogen-bond acceptors (Lipinski definition) is 8. The van der Waals surface area contributed by atoms with Crippen LogP contribution >= 0.6 is 11.6 Å². The van der Waals surface area contributed by atoms with E-state index in [2.05, 4.69) is 15.0 Å². The normalized spacial score (nSPS) is 11.2. The van der Waals surface area contributed by atoms with Crippen LogP contribution < -0.4 is 15.2 Å². The molecule has 0 saturated carbocycles. The van der Waals surface area contributed by atoms with Crippen molar-refractivity contribution in [3.05, 3.63) is 66.0 Å². The second-order valence-electron chi connectivity index (χ2n) is 7.18. The highest BCUT2D eigenvalue weighted by Gasteiger charge is 2.12. The van der Waals surface area contributed by atoms with E-state index in [-0.39, 0.29) is 0 Å². The number of ether oxygens (including phenoxy) is 3. The summed E-state index contributed by atoms with van der Waals surface area (Å²) in [4.78, 5) is 13.2. The Hall–Kier alpha value is -3.88. The number of hydrogen-bond donors (Lipinski definition) is 1. The number of aromatic nitrogens is 3. The predicted octanol–water partition coefficient (Wildman–Crippen LogP) is 5.49. The molecule has 0 aliphatic carbocycles. The number of anilines is 1. The van der Waals surface area contributed by atoms with Gasteiger partial charge in [-0.3, -0.25) is 0 Å². The Kier molecular flexibility index (Phi) is 5.68. The summed E-state index contributed by atoms with van der Waals surface area (Å²) in [5.74, 6) is 2.58. The second kappa shape index (κ2) is 8.93. The van der Waals surface area contributed by atoms with Gasteiger partial charge in [0.2, 0.25) is 0 Å². The number of nitrogen functional groups attached to an aromatic ring is 1. The third-order valence-corrected chi connectivity index (χ3v) is 5.27. The first kappa shape index (κ1) is 21.0.